The number of nitro benzene ring substituents is 1. The number of aromatic hydroxyl groups is 2. The monoisotopic (exact) mass is 351 g/mol. The van der Waals surface area contributed by atoms with E-state index < -0.39 is 11.0 Å². The van der Waals surface area contributed by atoms with Crippen LogP contribution in [0.2, 0.25) is 0 Å². The first-order chi connectivity index (χ1) is 12.5. The van der Waals surface area contributed by atoms with E-state index in [0.29, 0.717) is 5.69 Å². The summed E-state index contributed by atoms with van der Waals surface area (Å²) in [4.78, 5) is 10.4. The quantitative estimate of drug-likeness (QED) is 0.368. The molecule has 0 amide bonds. The number of rotatable bonds is 5. The highest BCUT2D eigenvalue weighted by molar-refractivity contribution is 5.54. The van der Waals surface area contributed by atoms with E-state index >= 15 is 0 Å². The first kappa shape index (κ1) is 17.2. The maximum atomic E-state index is 10.8. The molecule has 7 heteroatoms. The van der Waals surface area contributed by atoms with E-state index in [1.807, 2.05) is 0 Å². The summed E-state index contributed by atoms with van der Waals surface area (Å²) < 4.78 is 0. The summed E-state index contributed by atoms with van der Waals surface area (Å²) in [5.74, 6) is 6.62. The molecule has 0 spiro atoms. The van der Waals surface area contributed by atoms with Gasteiger partial charge in [0.2, 0.25) is 0 Å². The fourth-order valence-electron chi connectivity index (χ4n) is 2.72. The Morgan fingerprint density at radius 2 is 1.23 bits per heavy atom. The van der Waals surface area contributed by atoms with E-state index in [0.717, 1.165) is 11.1 Å². The largest absolute Gasteiger partial charge is 0.508 e. The molecule has 0 bridgehead atoms. The third kappa shape index (κ3) is 3.57. The molecule has 0 radical (unpaired) electrons. The molecule has 132 valence electrons. The van der Waals surface area contributed by atoms with Crippen LogP contribution in [0.3, 0.4) is 0 Å². The molecule has 0 saturated heterocycles. The Hall–Kier alpha value is -3.58. The van der Waals surface area contributed by atoms with E-state index in [9.17, 15) is 20.3 Å². The van der Waals surface area contributed by atoms with Gasteiger partial charge in [-0.25, -0.2) is 5.84 Å². The molecule has 7 nitrogen and oxygen atoms in total. The standard InChI is InChI=1S/C19H17N3O4/c20-21(15-5-7-16(8-6-15)22(25)26)19(13-1-9-17(23)10-2-13)14-3-11-18(24)12-4-14/h1-12,19,23-24H,20H2. The molecule has 0 saturated carbocycles. The average Bonchev–Trinajstić information content (AvgIpc) is 2.65. The van der Waals surface area contributed by atoms with E-state index in [1.165, 1.54) is 17.1 Å². The van der Waals surface area contributed by atoms with Crippen LogP contribution in [0, 0.1) is 10.1 Å². The topological polar surface area (TPSA) is 113 Å². The van der Waals surface area contributed by atoms with E-state index in [1.54, 1.807) is 60.7 Å². The van der Waals surface area contributed by atoms with Gasteiger partial charge >= 0.3 is 0 Å². The molecule has 0 unspecified atom stereocenters. The minimum absolute atomic E-state index is 0.0204. The lowest BCUT2D eigenvalue weighted by molar-refractivity contribution is -0.384. The zero-order chi connectivity index (χ0) is 18.7. The maximum Gasteiger partial charge on any atom is 0.269 e. The van der Waals surface area contributed by atoms with Crippen LogP contribution >= 0.6 is 0 Å². The first-order valence-corrected chi connectivity index (χ1v) is 7.82. The number of benzene rings is 3. The third-order valence-corrected chi connectivity index (χ3v) is 4.05. The van der Waals surface area contributed by atoms with Gasteiger partial charge in [-0.05, 0) is 47.5 Å². The number of hydrazine groups is 1. The lowest BCUT2D eigenvalue weighted by atomic mass is 9.97. The second-order valence-electron chi connectivity index (χ2n) is 5.77. The molecule has 0 aliphatic heterocycles. The highest BCUT2D eigenvalue weighted by atomic mass is 16.6. The van der Waals surface area contributed by atoms with Crippen LogP contribution < -0.4 is 10.9 Å². The van der Waals surface area contributed by atoms with Crippen molar-refractivity contribution in [3.05, 3.63) is 94.0 Å². The van der Waals surface area contributed by atoms with Crippen molar-refractivity contribution >= 4 is 11.4 Å². The fourth-order valence-corrected chi connectivity index (χ4v) is 2.72. The van der Waals surface area contributed by atoms with Crippen LogP contribution in [0.1, 0.15) is 17.2 Å². The van der Waals surface area contributed by atoms with Crippen molar-refractivity contribution in [1.29, 1.82) is 0 Å². The second-order valence-corrected chi connectivity index (χ2v) is 5.77. The Kier molecular flexibility index (Phi) is 4.72. The number of phenols is 2. The summed E-state index contributed by atoms with van der Waals surface area (Å²) >= 11 is 0. The summed E-state index contributed by atoms with van der Waals surface area (Å²) in [6.45, 7) is 0. The average molecular weight is 351 g/mol. The smallest absolute Gasteiger partial charge is 0.269 e. The summed E-state index contributed by atoms with van der Waals surface area (Å²) in [7, 11) is 0. The number of nitrogens with two attached hydrogens (primary N) is 1. The van der Waals surface area contributed by atoms with Crippen LogP contribution in [-0.4, -0.2) is 15.1 Å². The van der Waals surface area contributed by atoms with Gasteiger partial charge in [0.05, 0.1) is 16.7 Å². The van der Waals surface area contributed by atoms with Crippen LogP contribution in [0.5, 0.6) is 11.5 Å². The summed E-state index contributed by atoms with van der Waals surface area (Å²) in [5.41, 5.74) is 2.19. The molecule has 26 heavy (non-hydrogen) atoms. The van der Waals surface area contributed by atoms with Crippen molar-refractivity contribution in [1.82, 2.24) is 0 Å². The molecular formula is C19H17N3O4. The molecule has 0 aromatic heterocycles. The summed E-state index contributed by atoms with van der Waals surface area (Å²) in [6, 6.07) is 18.7. The zero-order valence-corrected chi connectivity index (χ0v) is 13.7. The van der Waals surface area contributed by atoms with Crippen LogP contribution in [0.15, 0.2) is 72.8 Å². The molecule has 0 heterocycles. The predicted octanol–water partition coefficient (Wildman–Crippen LogP) is 3.48. The maximum absolute atomic E-state index is 10.8. The van der Waals surface area contributed by atoms with Crippen molar-refractivity contribution < 1.29 is 15.1 Å². The molecule has 0 aliphatic carbocycles. The lowest BCUT2D eigenvalue weighted by Gasteiger charge is -2.30. The highest BCUT2D eigenvalue weighted by Crippen LogP contribution is 2.32. The van der Waals surface area contributed by atoms with Gasteiger partial charge in [0.15, 0.2) is 0 Å². The predicted molar refractivity (Wildman–Crippen MR) is 97.8 cm³/mol. The van der Waals surface area contributed by atoms with Gasteiger partial charge in [-0.15, -0.1) is 0 Å². The summed E-state index contributed by atoms with van der Waals surface area (Å²) in [6.07, 6.45) is 0. The number of non-ortho nitro benzene ring substituents is 1. The minimum Gasteiger partial charge on any atom is -0.508 e. The number of nitro groups is 1. The fraction of sp³-hybridized carbons (Fsp3) is 0.0526. The first-order valence-electron chi connectivity index (χ1n) is 7.82. The molecule has 3 aromatic carbocycles. The number of hydrogen-bond donors (Lipinski definition) is 3. The van der Waals surface area contributed by atoms with Crippen molar-refractivity contribution in [3.8, 4) is 11.5 Å². The van der Waals surface area contributed by atoms with Crippen molar-refractivity contribution in [2.45, 2.75) is 6.04 Å². The molecule has 4 N–H and O–H groups in total. The molecule has 0 atom stereocenters. The van der Waals surface area contributed by atoms with Gasteiger partial charge in [0.25, 0.3) is 5.69 Å². The molecule has 3 rings (SSSR count). The van der Waals surface area contributed by atoms with Gasteiger partial charge in [-0.1, -0.05) is 24.3 Å². The van der Waals surface area contributed by atoms with Crippen LogP contribution in [0.25, 0.3) is 0 Å². The van der Waals surface area contributed by atoms with Crippen LogP contribution in [-0.2, 0) is 0 Å². The molecule has 0 aliphatic rings. The Bertz CT molecular complexity index is 848. The van der Waals surface area contributed by atoms with Crippen LogP contribution in [0.4, 0.5) is 11.4 Å². The van der Waals surface area contributed by atoms with Gasteiger partial charge in [-0.3, -0.25) is 15.1 Å². The van der Waals surface area contributed by atoms with Gasteiger partial charge in [-0.2, -0.15) is 0 Å². The minimum atomic E-state index is -0.470. The van der Waals surface area contributed by atoms with Crippen molar-refractivity contribution in [2.24, 2.45) is 5.84 Å². The number of hydrogen-bond acceptors (Lipinski definition) is 6. The van der Waals surface area contributed by atoms with E-state index in [-0.39, 0.29) is 17.2 Å². The molecule has 3 aromatic rings. The molecule has 0 fully saturated rings. The number of phenolic OH excluding ortho intramolecular Hbond substituents is 2. The van der Waals surface area contributed by atoms with Gasteiger partial charge in [0.1, 0.15) is 11.5 Å². The molecular weight excluding hydrogens is 334 g/mol. The van der Waals surface area contributed by atoms with Gasteiger partial charge in [0, 0.05) is 12.1 Å². The Labute approximate surface area is 149 Å². The summed E-state index contributed by atoms with van der Waals surface area (Å²) in [5, 5.41) is 31.4. The lowest BCUT2D eigenvalue weighted by Crippen LogP contribution is -2.36. The normalized spacial score (nSPS) is 10.7. The van der Waals surface area contributed by atoms with Crippen molar-refractivity contribution in [3.63, 3.8) is 0 Å². The van der Waals surface area contributed by atoms with E-state index in [4.69, 9.17) is 5.84 Å². The van der Waals surface area contributed by atoms with Gasteiger partial charge < -0.3 is 10.2 Å². The third-order valence-electron chi connectivity index (χ3n) is 4.05. The zero-order valence-electron chi connectivity index (χ0n) is 13.7. The van der Waals surface area contributed by atoms with E-state index in [2.05, 4.69) is 0 Å². The Balaban J connectivity index is 2.02. The SMILES string of the molecule is NN(c1ccc([N+](=O)[O-])cc1)C(c1ccc(O)cc1)c1ccc(O)cc1. The van der Waals surface area contributed by atoms with Crippen molar-refractivity contribution in [2.75, 3.05) is 5.01 Å². The number of nitrogens with zero attached hydrogens (tertiary/aromatic N) is 2. The number of anilines is 1. The highest BCUT2D eigenvalue weighted by Gasteiger charge is 2.21. The second kappa shape index (κ2) is 7.12. The Morgan fingerprint density at radius 3 is 1.62 bits per heavy atom. The Morgan fingerprint density at radius 1 is 0.808 bits per heavy atom.